The van der Waals surface area contributed by atoms with Crippen LogP contribution in [0.3, 0.4) is 0 Å². The zero-order valence-corrected chi connectivity index (χ0v) is 18.4. The lowest BCUT2D eigenvalue weighted by Crippen LogP contribution is -2.27. The summed E-state index contributed by atoms with van der Waals surface area (Å²) in [6.45, 7) is 3.99. The van der Waals surface area contributed by atoms with Crippen LogP contribution in [0.5, 0.6) is 0 Å². The van der Waals surface area contributed by atoms with Crippen molar-refractivity contribution in [1.29, 1.82) is 5.26 Å². The fourth-order valence-electron chi connectivity index (χ4n) is 3.16. The summed E-state index contributed by atoms with van der Waals surface area (Å²) in [5.41, 5.74) is 3.83. The molecule has 0 atom stereocenters. The molecule has 3 rings (SSSR count). The second kappa shape index (κ2) is 9.02. The first kappa shape index (κ1) is 22.1. The Bertz CT molecular complexity index is 1260. The lowest BCUT2D eigenvalue weighted by molar-refractivity contribution is 0.0784. The highest BCUT2D eigenvalue weighted by Crippen LogP contribution is 2.21. The van der Waals surface area contributed by atoms with Crippen LogP contribution in [-0.2, 0) is 16.6 Å². The van der Waals surface area contributed by atoms with Crippen molar-refractivity contribution in [2.45, 2.75) is 25.3 Å². The molecule has 0 heterocycles. The highest BCUT2D eigenvalue weighted by Gasteiger charge is 2.20. The molecule has 0 unspecified atom stereocenters. The number of nitrogens with one attached hydrogen (secondary N) is 1. The third-order valence-corrected chi connectivity index (χ3v) is 6.25. The predicted molar refractivity (Wildman–Crippen MR) is 120 cm³/mol. The monoisotopic (exact) mass is 433 g/mol. The zero-order valence-electron chi connectivity index (χ0n) is 17.6. The van der Waals surface area contributed by atoms with Gasteiger partial charge in [-0.1, -0.05) is 30.3 Å². The van der Waals surface area contributed by atoms with Crippen LogP contribution in [0.2, 0.25) is 0 Å². The summed E-state index contributed by atoms with van der Waals surface area (Å²) in [5, 5.41) is 8.91. The molecule has 1 amide bonds. The van der Waals surface area contributed by atoms with Crippen LogP contribution in [0.15, 0.2) is 71.6 Å². The number of sulfonamides is 1. The maximum atomic E-state index is 13.0. The van der Waals surface area contributed by atoms with Crippen LogP contribution >= 0.6 is 0 Å². The van der Waals surface area contributed by atoms with Crippen LogP contribution < -0.4 is 4.72 Å². The Morgan fingerprint density at radius 1 is 1.03 bits per heavy atom. The van der Waals surface area contributed by atoms with Gasteiger partial charge >= 0.3 is 0 Å². The number of rotatable bonds is 6. The van der Waals surface area contributed by atoms with Crippen LogP contribution in [-0.4, -0.2) is 26.3 Å². The summed E-state index contributed by atoms with van der Waals surface area (Å²) < 4.78 is 28.3. The first-order valence-electron chi connectivity index (χ1n) is 9.64. The minimum absolute atomic E-state index is 0.0229. The number of nitrogens with zero attached hydrogens (tertiary/aromatic N) is 2. The average molecular weight is 434 g/mol. The topological polar surface area (TPSA) is 90.3 Å². The van der Waals surface area contributed by atoms with Gasteiger partial charge in [-0.25, -0.2) is 8.42 Å². The van der Waals surface area contributed by atoms with Gasteiger partial charge in [-0.15, -0.1) is 0 Å². The number of anilines is 1. The number of hydrogen-bond donors (Lipinski definition) is 1. The number of benzene rings is 3. The molecule has 0 bridgehead atoms. The molecule has 158 valence electrons. The largest absolute Gasteiger partial charge is 0.337 e. The highest BCUT2D eigenvalue weighted by atomic mass is 32.2. The number of carbonyl (C=O) groups is 1. The van der Waals surface area contributed by atoms with Crippen molar-refractivity contribution in [1.82, 2.24) is 4.90 Å². The molecule has 7 heteroatoms. The Morgan fingerprint density at radius 2 is 1.74 bits per heavy atom. The summed E-state index contributed by atoms with van der Waals surface area (Å²) in [4.78, 5) is 14.6. The van der Waals surface area contributed by atoms with Gasteiger partial charge in [-0.3, -0.25) is 9.52 Å². The second-order valence-corrected chi connectivity index (χ2v) is 9.10. The van der Waals surface area contributed by atoms with E-state index in [-0.39, 0.29) is 10.8 Å². The Morgan fingerprint density at radius 3 is 2.39 bits per heavy atom. The standard InChI is InChI=1S/C24H23N3O3S/c1-17-5-4-6-21(13-17)26-31(29,30)22-12-7-18(2)23(14-22)24(28)27(3)16-20-10-8-19(15-25)9-11-20/h4-14,26H,16H2,1-3H3. The second-order valence-electron chi connectivity index (χ2n) is 7.42. The van der Waals surface area contributed by atoms with Gasteiger partial charge in [-0.05, 0) is 66.9 Å². The minimum Gasteiger partial charge on any atom is -0.337 e. The van der Waals surface area contributed by atoms with E-state index >= 15 is 0 Å². The normalized spacial score (nSPS) is 10.9. The van der Waals surface area contributed by atoms with Gasteiger partial charge < -0.3 is 4.90 Å². The Kier molecular flexibility index (Phi) is 6.42. The van der Waals surface area contributed by atoms with E-state index in [2.05, 4.69) is 10.8 Å². The zero-order chi connectivity index (χ0) is 22.6. The number of hydrogen-bond acceptors (Lipinski definition) is 4. The van der Waals surface area contributed by atoms with Crippen LogP contribution in [0, 0.1) is 25.2 Å². The summed E-state index contributed by atoms with van der Waals surface area (Å²) in [6, 6.07) is 20.6. The summed E-state index contributed by atoms with van der Waals surface area (Å²) >= 11 is 0. The lowest BCUT2D eigenvalue weighted by Gasteiger charge is -2.19. The molecule has 31 heavy (non-hydrogen) atoms. The molecule has 0 aliphatic carbocycles. The molecule has 6 nitrogen and oxygen atoms in total. The highest BCUT2D eigenvalue weighted by molar-refractivity contribution is 7.92. The van der Waals surface area contributed by atoms with Gasteiger partial charge in [0.15, 0.2) is 0 Å². The fraction of sp³-hybridized carbons (Fsp3) is 0.167. The Balaban J connectivity index is 1.83. The van der Waals surface area contributed by atoms with E-state index in [1.807, 2.05) is 13.0 Å². The van der Waals surface area contributed by atoms with E-state index in [0.717, 1.165) is 11.1 Å². The molecule has 0 saturated carbocycles. The van der Waals surface area contributed by atoms with Crippen molar-refractivity contribution >= 4 is 21.6 Å². The predicted octanol–water partition coefficient (Wildman–Crippen LogP) is 4.25. The van der Waals surface area contributed by atoms with Crippen molar-refractivity contribution in [3.05, 3.63) is 94.5 Å². The molecular weight excluding hydrogens is 410 g/mol. The molecular formula is C24H23N3O3S. The van der Waals surface area contributed by atoms with E-state index < -0.39 is 10.0 Å². The Labute approximate surface area is 182 Å². The van der Waals surface area contributed by atoms with E-state index in [1.165, 1.54) is 17.0 Å². The summed E-state index contributed by atoms with van der Waals surface area (Å²) in [5.74, 6) is -0.283. The molecule has 0 aliphatic heterocycles. The molecule has 3 aromatic carbocycles. The third-order valence-electron chi connectivity index (χ3n) is 4.87. The average Bonchev–Trinajstić information content (AvgIpc) is 2.73. The molecule has 1 N–H and O–H groups in total. The molecule has 0 radical (unpaired) electrons. The van der Waals surface area contributed by atoms with Crippen LogP contribution in [0.4, 0.5) is 5.69 Å². The van der Waals surface area contributed by atoms with Crippen LogP contribution in [0.1, 0.15) is 32.6 Å². The van der Waals surface area contributed by atoms with Gasteiger partial charge in [0.1, 0.15) is 0 Å². The summed E-state index contributed by atoms with van der Waals surface area (Å²) in [6.07, 6.45) is 0. The summed E-state index contributed by atoms with van der Waals surface area (Å²) in [7, 11) is -2.19. The molecule has 3 aromatic rings. The van der Waals surface area contributed by atoms with Gasteiger partial charge in [0, 0.05) is 24.8 Å². The van der Waals surface area contributed by atoms with Crippen molar-refractivity contribution in [3.63, 3.8) is 0 Å². The molecule has 0 spiro atoms. The molecule has 0 aliphatic rings. The maximum absolute atomic E-state index is 13.0. The molecule has 0 fully saturated rings. The van der Waals surface area contributed by atoms with Crippen molar-refractivity contribution in [2.75, 3.05) is 11.8 Å². The number of aryl methyl sites for hydroxylation is 2. The van der Waals surface area contributed by atoms with Crippen LogP contribution in [0.25, 0.3) is 0 Å². The van der Waals surface area contributed by atoms with E-state index in [9.17, 15) is 13.2 Å². The van der Waals surface area contributed by atoms with Crippen molar-refractivity contribution in [2.24, 2.45) is 0 Å². The number of amides is 1. The molecule has 0 aromatic heterocycles. The van der Waals surface area contributed by atoms with Crippen molar-refractivity contribution < 1.29 is 13.2 Å². The molecule has 0 saturated heterocycles. The van der Waals surface area contributed by atoms with Gasteiger partial charge in [0.2, 0.25) is 0 Å². The van der Waals surface area contributed by atoms with Gasteiger partial charge in [-0.2, -0.15) is 5.26 Å². The first-order valence-corrected chi connectivity index (χ1v) is 11.1. The van der Waals surface area contributed by atoms with E-state index in [0.29, 0.717) is 28.9 Å². The van der Waals surface area contributed by atoms with E-state index in [4.69, 9.17) is 5.26 Å². The SMILES string of the molecule is Cc1cccc(NS(=O)(=O)c2ccc(C)c(C(=O)N(C)Cc3ccc(C#N)cc3)c2)c1. The smallest absolute Gasteiger partial charge is 0.261 e. The fourth-order valence-corrected chi connectivity index (χ4v) is 4.23. The van der Waals surface area contributed by atoms with Gasteiger partial charge in [0.25, 0.3) is 15.9 Å². The van der Waals surface area contributed by atoms with Crippen molar-refractivity contribution in [3.8, 4) is 6.07 Å². The van der Waals surface area contributed by atoms with Gasteiger partial charge in [0.05, 0.1) is 16.5 Å². The number of nitriles is 1. The first-order chi connectivity index (χ1) is 14.7. The lowest BCUT2D eigenvalue weighted by atomic mass is 10.1. The Hall–Kier alpha value is -3.63. The quantitative estimate of drug-likeness (QED) is 0.629. The minimum atomic E-state index is -3.85. The number of carbonyl (C=O) groups excluding carboxylic acids is 1. The maximum Gasteiger partial charge on any atom is 0.261 e. The third kappa shape index (κ3) is 5.30. The van der Waals surface area contributed by atoms with E-state index in [1.54, 1.807) is 62.5 Å².